The van der Waals surface area contributed by atoms with Crippen molar-refractivity contribution in [2.75, 3.05) is 5.32 Å². The van der Waals surface area contributed by atoms with E-state index in [-0.39, 0.29) is 23.3 Å². The smallest absolute Gasteiger partial charge is 0.340 e. The molecule has 1 amide bonds. The highest BCUT2D eigenvalue weighted by atomic mass is 16.6. The highest BCUT2D eigenvalue weighted by Gasteiger charge is 2.57. The molecule has 7 nitrogen and oxygen atoms in total. The minimum absolute atomic E-state index is 0.00411. The second-order valence-corrected chi connectivity index (χ2v) is 30.9. The Morgan fingerprint density at radius 3 is 1.19 bits per heavy atom. The molecule has 78 heavy (non-hydrogen) atoms. The van der Waals surface area contributed by atoms with Crippen LogP contribution in [-0.4, -0.2) is 22.1 Å². The Hall–Kier alpha value is -4.00. The quantitative estimate of drug-likeness (QED) is 0.221. The van der Waals surface area contributed by atoms with Gasteiger partial charge in [-0.15, -0.1) is 0 Å². The average molecular weight is 1050 g/mol. The highest BCUT2D eigenvalue weighted by molar-refractivity contribution is 6.00. The van der Waals surface area contributed by atoms with Gasteiger partial charge in [0, 0.05) is 40.4 Å². The first-order valence-electron chi connectivity index (χ1n) is 33.1. The van der Waals surface area contributed by atoms with E-state index in [4.69, 9.17) is 9.47 Å². The number of benzene rings is 3. The summed E-state index contributed by atoms with van der Waals surface area (Å²) in [5.41, 5.74) is 1.54. The maximum atomic E-state index is 14.6. The predicted octanol–water partition coefficient (Wildman–Crippen LogP) is 16.5. The molecule has 0 aromatic heterocycles. The van der Waals surface area contributed by atoms with Crippen molar-refractivity contribution in [2.24, 2.45) is 136 Å². The molecule has 0 radical (unpaired) electrons. The molecule has 7 heteroatoms. The molecule has 12 aliphatic carbocycles. The van der Waals surface area contributed by atoms with E-state index in [0.29, 0.717) is 51.3 Å². The number of phenols is 2. The Bertz CT molecular complexity index is 2820. The zero-order chi connectivity index (χ0) is 51.7. The summed E-state index contributed by atoms with van der Waals surface area (Å²) in [7, 11) is 0. The van der Waals surface area contributed by atoms with Gasteiger partial charge >= 0.3 is 5.97 Å². The van der Waals surface area contributed by atoms with Crippen molar-refractivity contribution in [3.63, 3.8) is 0 Å². The fourth-order valence-electron chi connectivity index (χ4n) is 24.7. The van der Waals surface area contributed by atoms with Gasteiger partial charge in [-0.1, -0.05) is 44.6 Å². The van der Waals surface area contributed by atoms with Gasteiger partial charge in [0.05, 0.1) is 5.56 Å². The summed E-state index contributed by atoms with van der Waals surface area (Å²) in [5, 5.41) is 24.1. The van der Waals surface area contributed by atoms with Crippen molar-refractivity contribution in [2.45, 2.75) is 179 Å². The Kier molecular flexibility index (Phi) is 11.6. The first kappa shape index (κ1) is 48.7. The normalized spacial score (nSPS) is 45.7. The number of carbonyl (C=O) groups is 2. The molecular formula is C71H89NO6. The van der Waals surface area contributed by atoms with E-state index in [9.17, 15) is 19.8 Å². The lowest BCUT2D eigenvalue weighted by Crippen LogP contribution is -2.50. The minimum atomic E-state index is -1.32. The highest BCUT2D eigenvalue weighted by Crippen LogP contribution is 2.66. The monoisotopic (exact) mass is 1050 g/mol. The van der Waals surface area contributed by atoms with Crippen LogP contribution in [0.2, 0.25) is 0 Å². The van der Waals surface area contributed by atoms with Crippen LogP contribution < -0.4 is 10.1 Å². The fourth-order valence-corrected chi connectivity index (χ4v) is 24.7. The number of anilines is 1. The molecule has 0 bridgehead atoms. The van der Waals surface area contributed by atoms with E-state index in [1.807, 2.05) is 12.1 Å². The summed E-state index contributed by atoms with van der Waals surface area (Å²) < 4.78 is 12.5. The van der Waals surface area contributed by atoms with E-state index in [2.05, 4.69) is 5.32 Å². The van der Waals surface area contributed by atoms with Crippen molar-refractivity contribution in [3.05, 3.63) is 76.9 Å². The third-order valence-corrected chi connectivity index (χ3v) is 27.7. The van der Waals surface area contributed by atoms with Crippen LogP contribution in [0.1, 0.15) is 200 Å². The summed E-state index contributed by atoms with van der Waals surface area (Å²) in [6.07, 6.45) is 40.5. The number of hydrogen-bond acceptors (Lipinski definition) is 6. The van der Waals surface area contributed by atoms with Crippen molar-refractivity contribution in [3.8, 4) is 23.0 Å². The van der Waals surface area contributed by atoms with Gasteiger partial charge in [0.25, 0.3) is 0 Å². The summed E-state index contributed by atoms with van der Waals surface area (Å²) in [6, 6.07) is 15.2. The van der Waals surface area contributed by atoms with Gasteiger partial charge < -0.3 is 25.0 Å². The molecule has 23 unspecified atom stereocenters. The van der Waals surface area contributed by atoms with Crippen LogP contribution in [0.15, 0.2) is 54.6 Å². The van der Waals surface area contributed by atoms with Crippen molar-refractivity contribution < 1.29 is 29.3 Å². The molecule has 414 valence electrons. The number of esters is 1. The van der Waals surface area contributed by atoms with Gasteiger partial charge in [0.2, 0.25) is 5.91 Å². The topological polar surface area (TPSA) is 105 Å². The summed E-state index contributed by atoms with van der Waals surface area (Å²) in [4.78, 5) is 28.5. The van der Waals surface area contributed by atoms with Crippen LogP contribution in [0.3, 0.4) is 0 Å². The number of amides is 1. The lowest BCUT2D eigenvalue weighted by atomic mass is 9.46. The number of ether oxygens (including phenoxy) is 2. The fraction of sp³-hybridized carbons (Fsp3) is 0.718. The third kappa shape index (κ3) is 7.85. The Morgan fingerprint density at radius 1 is 0.410 bits per heavy atom. The molecule has 2 heterocycles. The molecule has 3 aromatic carbocycles. The van der Waals surface area contributed by atoms with Crippen LogP contribution in [0.25, 0.3) is 0 Å². The van der Waals surface area contributed by atoms with Crippen LogP contribution in [0.4, 0.5) is 5.69 Å². The molecule has 12 saturated carbocycles. The molecule has 17 rings (SSSR count). The number of rotatable bonds is 2. The van der Waals surface area contributed by atoms with Crippen molar-refractivity contribution >= 4 is 17.6 Å². The number of nitrogens with one attached hydrogen (secondary N) is 1. The molecule has 1 spiro atoms. The number of phenolic OH excluding ortho intramolecular Hbond substituents is 2. The molecule has 14 aliphatic rings. The van der Waals surface area contributed by atoms with Gasteiger partial charge in [-0.25, -0.2) is 4.79 Å². The van der Waals surface area contributed by atoms with Gasteiger partial charge in [0.1, 0.15) is 23.0 Å². The maximum absolute atomic E-state index is 14.6. The zero-order valence-electron chi connectivity index (χ0n) is 46.6. The third-order valence-electron chi connectivity index (χ3n) is 27.7. The number of hydrogen-bond donors (Lipinski definition) is 3. The van der Waals surface area contributed by atoms with Crippen molar-refractivity contribution in [1.29, 1.82) is 0 Å². The molecular weight excluding hydrogens is 963 g/mol. The summed E-state index contributed by atoms with van der Waals surface area (Å²) >= 11 is 0. The SMILES string of the molecule is O=C1OC2(c3ccc(O)cc3Oc3cc(O)ccc32)c2ccc(NC(=O)C3CCCC4CC5CC6CC7CC8CC9CC%10CC%11CC%12CC%13CC%14CCCCC%14CC%13CC%12CC%11CC%10CC9CC8CC7CC6CC5CC43)cc21. The van der Waals surface area contributed by atoms with Crippen LogP contribution in [0.5, 0.6) is 23.0 Å². The first-order valence-corrected chi connectivity index (χ1v) is 33.1. The maximum Gasteiger partial charge on any atom is 0.340 e. The summed E-state index contributed by atoms with van der Waals surface area (Å²) in [5.74, 6) is 21.8. The van der Waals surface area contributed by atoms with Gasteiger partial charge in [0.15, 0.2) is 5.60 Å². The standard InChI is InChI=1S/C71H89NO6/c73-59-9-12-65-67(35-59)77-68-36-60(74)10-13-66(68)71(65)64-11-8-58(34-63(64)70(76)78-71)72-69(75)61-7-3-6-39-16-42-19-45-22-48-25-51-28-52-26-49-23-46-20-43-17-40-14-37-4-1-2-5-38(37)15-41(40)18-44(43)21-47(46)24-50(49)27-53(52)29-54(51)30-55(48)31-56(45)32-57(42)33-62(39)61/h8-13,34-57,61-62,73-74H,1-7,14-33H2,(H,72,75). The Morgan fingerprint density at radius 2 is 0.769 bits per heavy atom. The van der Waals surface area contributed by atoms with Crippen LogP contribution >= 0.6 is 0 Å². The average Bonchev–Trinajstić information content (AvgIpc) is 3.98. The number of fused-ring (bicyclic) bond motifs is 17. The number of aromatic hydroxyl groups is 2. The van der Waals surface area contributed by atoms with E-state index >= 15 is 0 Å². The zero-order valence-corrected chi connectivity index (χ0v) is 46.6. The minimum Gasteiger partial charge on any atom is -0.508 e. The van der Waals surface area contributed by atoms with Gasteiger partial charge in [-0.2, -0.15) is 0 Å². The van der Waals surface area contributed by atoms with Gasteiger partial charge in [-0.3, -0.25) is 4.79 Å². The largest absolute Gasteiger partial charge is 0.508 e. The van der Waals surface area contributed by atoms with E-state index in [1.165, 1.54) is 69.9 Å². The van der Waals surface area contributed by atoms with Crippen LogP contribution in [-0.2, 0) is 15.1 Å². The predicted molar refractivity (Wildman–Crippen MR) is 302 cm³/mol. The van der Waals surface area contributed by atoms with E-state index in [0.717, 1.165) is 131 Å². The number of carbonyl (C=O) groups excluding carboxylic acids is 2. The molecule has 12 fully saturated rings. The first-order chi connectivity index (χ1) is 38.1. The van der Waals surface area contributed by atoms with Crippen molar-refractivity contribution in [1.82, 2.24) is 0 Å². The Labute approximate surface area is 464 Å². The lowest BCUT2D eigenvalue weighted by Gasteiger charge is -2.59. The molecule has 0 saturated heterocycles. The van der Waals surface area contributed by atoms with E-state index in [1.54, 1.807) is 133 Å². The molecule has 3 aromatic rings. The van der Waals surface area contributed by atoms with Gasteiger partial charge in [-0.05, 0) is 301 Å². The molecule has 23 atom stereocenters. The second-order valence-electron chi connectivity index (χ2n) is 30.9. The Balaban J connectivity index is 0.533. The van der Waals surface area contributed by atoms with E-state index < -0.39 is 11.6 Å². The molecule has 3 N–H and O–H groups in total. The summed E-state index contributed by atoms with van der Waals surface area (Å²) in [6.45, 7) is 0. The molecule has 2 aliphatic heterocycles. The van der Waals surface area contributed by atoms with Crippen LogP contribution in [0, 0.1) is 136 Å². The lowest BCUT2D eigenvalue weighted by molar-refractivity contribution is -0.127. The second kappa shape index (κ2) is 18.5.